The zero-order valence-corrected chi connectivity index (χ0v) is 20.2. The van der Waals surface area contributed by atoms with Crippen molar-refractivity contribution in [1.29, 1.82) is 0 Å². The van der Waals surface area contributed by atoms with Gasteiger partial charge in [-0.1, -0.05) is 18.2 Å². The maximum Gasteiger partial charge on any atom is 0.488 e. The van der Waals surface area contributed by atoms with Crippen molar-refractivity contribution in [2.75, 3.05) is 12.3 Å². The molecule has 4 rings (SSSR count). The van der Waals surface area contributed by atoms with Crippen molar-refractivity contribution in [3.8, 4) is 0 Å². The second-order valence-corrected chi connectivity index (χ2v) is 12.3. The van der Waals surface area contributed by atoms with Gasteiger partial charge in [-0.05, 0) is 12.1 Å². The zero-order valence-electron chi connectivity index (χ0n) is 17.5. The molecule has 190 valence electrons. The van der Waals surface area contributed by atoms with Gasteiger partial charge in [0.2, 0.25) is 0 Å². The van der Waals surface area contributed by atoms with Gasteiger partial charge < -0.3 is 34.8 Å². The number of nitrogens with two attached hydrogens (primary N) is 1. The van der Waals surface area contributed by atoms with Crippen molar-refractivity contribution in [3.63, 3.8) is 0 Å². The van der Waals surface area contributed by atoms with Crippen molar-refractivity contribution in [2.24, 2.45) is 0 Å². The van der Waals surface area contributed by atoms with E-state index in [2.05, 4.69) is 23.6 Å². The number of phosphoric acid groups is 2. The number of fused-ring (bicyclic) bond motifs is 1. The highest BCUT2D eigenvalue weighted by Crippen LogP contribution is 2.67. The molecule has 0 spiro atoms. The topological polar surface area (TPSA) is 239 Å². The van der Waals surface area contributed by atoms with E-state index in [0.29, 0.717) is 11.2 Å². The van der Waals surface area contributed by atoms with E-state index in [1.54, 1.807) is 6.07 Å². The minimum atomic E-state index is -5.54. The van der Waals surface area contributed by atoms with Gasteiger partial charge in [0, 0.05) is 6.42 Å². The first-order chi connectivity index (χ1) is 16.4. The third-order valence-corrected chi connectivity index (χ3v) is 9.53. The number of hydrogen-bond acceptors (Lipinski definition) is 12. The summed E-state index contributed by atoms with van der Waals surface area (Å²) in [5.41, 5.74) is 6.37. The molecule has 19 heteroatoms. The molecule has 0 saturated carbocycles. The van der Waals surface area contributed by atoms with Crippen LogP contribution in [0.2, 0.25) is 0 Å². The molecule has 0 aliphatic carbocycles. The van der Waals surface area contributed by atoms with Crippen LogP contribution in [0.5, 0.6) is 0 Å². The Labute approximate surface area is 197 Å². The first-order valence-corrected chi connectivity index (χ1v) is 14.3. The number of aromatic nitrogens is 4. The first-order valence-electron chi connectivity index (χ1n) is 9.75. The Morgan fingerprint density at radius 3 is 2.49 bits per heavy atom. The van der Waals surface area contributed by atoms with E-state index in [4.69, 9.17) is 24.8 Å². The number of rotatable bonds is 9. The monoisotopic (exact) mass is 551 g/mol. The molecule has 3 heterocycles. The molecule has 2 unspecified atom stereocenters. The zero-order chi connectivity index (χ0) is 25.4. The minimum absolute atomic E-state index is 0.00450. The first kappa shape index (κ1) is 26.0. The third kappa shape index (κ3) is 6.02. The lowest BCUT2D eigenvalue weighted by atomic mass is 10.2. The predicted octanol–water partition coefficient (Wildman–Crippen LogP) is 0.818. The van der Waals surface area contributed by atoms with E-state index in [9.17, 15) is 23.7 Å². The molecule has 1 aliphatic heterocycles. The van der Waals surface area contributed by atoms with Crippen LogP contribution in [-0.2, 0) is 31.6 Å². The summed E-state index contributed by atoms with van der Waals surface area (Å²) in [5.74, 6) is 0.132. The number of aliphatic hydroxyl groups excluding tert-OH is 1. The van der Waals surface area contributed by atoms with Gasteiger partial charge in [0.15, 0.2) is 17.7 Å². The molecule has 35 heavy (non-hydrogen) atoms. The summed E-state index contributed by atoms with van der Waals surface area (Å²) in [6, 6.07) is 6.94. The SMILES string of the molecule is Nc1ncnc2c1ncn2[C@@H]1O[C@H](COP(=O)(OP(=O)(O)OP(=O)(O)O)c2ccccc2)C[C@H]1O. The molecule has 5 atom stereocenters. The minimum Gasteiger partial charge on any atom is -0.388 e. The number of benzene rings is 1. The average Bonchev–Trinajstić information content (AvgIpc) is 3.35. The summed E-state index contributed by atoms with van der Waals surface area (Å²) in [6.07, 6.45) is -0.356. The highest BCUT2D eigenvalue weighted by molar-refractivity contribution is 7.72. The Morgan fingerprint density at radius 1 is 1.09 bits per heavy atom. The Bertz CT molecular complexity index is 1350. The van der Waals surface area contributed by atoms with Gasteiger partial charge in [-0.2, -0.15) is 4.31 Å². The summed E-state index contributed by atoms with van der Waals surface area (Å²) in [6.45, 7) is -0.501. The molecule has 16 nitrogen and oxygen atoms in total. The summed E-state index contributed by atoms with van der Waals surface area (Å²) < 4.78 is 57.4. The molecular weight excluding hydrogens is 531 g/mol. The van der Waals surface area contributed by atoms with E-state index < -0.39 is 48.3 Å². The molecule has 2 aromatic heterocycles. The maximum absolute atomic E-state index is 13.4. The highest BCUT2D eigenvalue weighted by atomic mass is 31.3. The fourth-order valence-electron chi connectivity index (χ4n) is 3.37. The Kier molecular flexibility index (Phi) is 7.26. The van der Waals surface area contributed by atoms with Crippen molar-refractivity contribution < 1.29 is 51.4 Å². The van der Waals surface area contributed by atoms with E-state index in [1.807, 2.05) is 0 Å². The lowest BCUT2D eigenvalue weighted by Gasteiger charge is -2.22. The van der Waals surface area contributed by atoms with Gasteiger partial charge in [0.1, 0.15) is 17.9 Å². The fourth-order valence-corrected chi connectivity index (χ4v) is 7.53. The fraction of sp³-hybridized carbons (Fsp3) is 0.312. The standard InChI is InChI=1S/C16H20N5O11P3/c17-14-13-15(19-8-18-14)21(9-20-13)16-12(22)6-10(30-16)7-29-33(23,11-4-2-1-3-5-11)31-35(27,28)32-34(24,25)26/h1-5,8-10,12,16,22H,6-7H2,(H,27,28)(H2,17,18,19)(H2,24,25,26)/t10-,12+,16+,33?/m0/s1. The number of nitrogens with zero attached hydrogens (tertiary/aromatic N) is 4. The van der Waals surface area contributed by atoms with E-state index in [-0.39, 0.29) is 17.5 Å². The summed E-state index contributed by atoms with van der Waals surface area (Å²) >= 11 is 0. The van der Waals surface area contributed by atoms with Gasteiger partial charge in [-0.3, -0.25) is 9.13 Å². The van der Waals surface area contributed by atoms with Gasteiger partial charge in [-0.25, -0.2) is 28.4 Å². The summed E-state index contributed by atoms with van der Waals surface area (Å²) in [7, 11) is -15.7. The van der Waals surface area contributed by atoms with Crippen LogP contribution < -0.4 is 11.0 Å². The Morgan fingerprint density at radius 2 is 1.80 bits per heavy atom. The third-order valence-electron chi connectivity index (χ3n) is 4.75. The maximum atomic E-state index is 13.4. The second-order valence-electron chi connectivity index (χ2n) is 7.29. The van der Waals surface area contributed by atoms with Crippen LogP contribution in [0.3, 0.4) is 0 Å². The van der Waals surface area contributed by atoms with Crippen LogP contribution in [0.15, 0.2) is 43.0 Å². The largest absolute Gasteiger partial charge is 0.488 e. The molecule has 6 N–H and O–H groups in total. The van der Waals surface area contributed by atoms with Crippen LogP contribution in [-0.4, -0.2) is 58.1 Å². The smallest absolute Gasteiger partial charge is 0.388 e. The lowest BCUT2D eigenvalue weighted by Crippen LogP contribution is -2.20. The van der Waals surface area contributed by atoms with Crippen molar-refractivity contribution in [3.05, 3.63) is 43.0 Å². The van der Waals surface area contributed by atoms with Gasteiger partial charge >= 0.3 is 23.2 Å². The van der Waals surface area contributed by atoms with Gasteiger partial charge in [0.25, 0.3) is 0 Å². The summed E-state index contributed by atoms with van der Waals surface area (Å²) in [5, 5.41) is 10.3. The number of ether oxygens (including phenoxy) is 1. The van der Waals surface area contributed by atoms with Crippen molar-refractivity contribution in [1.82, 2.24) is 19.5 Å². The van der Waals surface area contributed by atoms with E-state index >= 15 is 0 Å². The van der Waals surface area contributed by atoms with Crippen LogP contribution >= 0.6 is 23.2 Å². The average molecular weight is 551 g/mol. The predicted molar refractivity (Wildman–Crippen MR) is 118 cm³/mol. The number of hydrogen-bond donors (Lipinski definition) is 5. The molecular formula is C16H20N5O11P3. The normalized spacial score (nSPS) is 24.3. The summed E-state index contributed by atoms with van der Waals surface area (Å²) in [4.78, 5) is 39.4. The number of nitrogen functional groups attached to an aromatic ring is 1. The van der Waals surface area contributed by atoms with Crippen LogP contribution in [0, 0.1) is 0 Å². The van der Waals surface area contributed by atoms with Crippen molar-refractivity contribution >= 4 is 45.5 Å². The quantitative estimate of drug-likeness (QED) is 0.231. The molecule has 0 radical (unpaired) electrons. The number of aliphatic hydroxyl groups is 1. The second kappa shape index (κ2) is 9.77. The molecule has 0 bridgehead atoms. The molecule has 3 aromatic rings. The molecule has 1 saturated heterocycles. The van der Waals surface area contributed by atoms with Gasteiger partial charge in [-0.15, -0.1) is 0 Å². The van der Waals surface area contributed by atoms with Crippen molar-refractivity contribution in [2.45, 2.75) is 24.9 Å². The Balaban J connectivity index is 1.52. The number of imidazole rings is 1. The van der Waals surface area contributed by atoms with Gasteiger partial charge in [0.05, 0.1) is 24.3 Å². The van der Waals surface area contributed by atoms with Crippen LogP contribution in [0.1, 0.15) is 12.6 Å². The highest BCUT2D eigenvalue weighted by Gasteiger charge is 2.44. The Hall–Kier alpha value is -2.06. The molecule has 0 amide bonds. The lowest BCUT2D eigenvalue weighted by molar-refractivity contribution is -0.0463. The van der Waals surface area contributed by atoms with Crippen LogP contribution in [0.4, 0.5) is 5.82 Å². The van der Waals surface area contributed by atoms with Crippen LogP contribution in [0.25, 0.3) is 11.2 Å². The molecule has 1 fully saturated rings. The molecule has 1 aromatic carbocycles. The number of anilines is 1. The van der Waals surface area contributed by atoms with E-state index in [1.165, 1.54) is 41.5 Å². The molecule has 1 aliphatic rings. The van der Waals surface area contributed by atoms with E-state index in [0.717, 1.165) is 0 Å².